The minimum atomic E-state index is -3.21. The number of carbonyl (C=O) groups is 1. The SMILES string of the molecule is CC(Oc1ccc(F)c(F)c1)C(=O)NCC(F)(F)CN.Cl. The smallest absolute Gasteiger partial charge is 0.277 e. The summed E-state index contributed by atoms with van der Waals surface area (Å²) in [6.07, 6.45) is -1.14. The number of hydrogen-bond donors (Lipinski definition) is 2. The second-order valence-corrected chi connectivity index (χ2v) is 4.11. The van der Waals surface area contributed by atoms with E-state index in [0.29, 0.717) is 0 Å². The van der Waals surface area contributed by atoms with Crippen molar-refractivity contribution in [1.82, 2.24) is 5.32 Å². The molecule has 0 heterocycles. The van der Waals surface area contributed by atoms with E-state index in [4.69, 9.17) is 10.5 Å². The maximum absolute atomic E-state index is 12.9. The van der Waals surface area contributed by atoms with Gasteiger partial charge in [-0.25, -0.2) is 17.6 Å². The summed E-state index contributed by atoms with van der Waals surface area (Å²) in [4.78, 5) is 11.5. The maximum atomic E-state index is 12.9. The molecule has 0 saturated carbocycles. The van der Waals surface area contributed by atoms with Crippen molar-refractivity contribution in [2.75, 3.05) is 13.1 Å². The van der Waals surface area contributed by atoms with Crippen LogP contribution in [-0.2, 0) is 4.79 Å². The van der Waals surface area contributed by atoms with E-state index in [-0.39, 0.29) is 18.2 Å². The summed E-state index contributed by atoms with van der Waals surface area (Å²) in [5, 5.41) is 1.96. The number of nitrogens with two attached hydrogens (primary N) is 1. The van der Waals surface area contributed by atoms with Gasteiger partial charge < -0.3 is 15.8 Å². The number of amides is 1. The molecule has 120 valence electrons. The van der Waals surface area contributed by atoms with Crippen molar-refractivity contribution < 1.29 is 27.1 Å². The summed E-state index contributed by atoms with van der Waals surface area (Å²) in [5.74, 6) is -6.31. The van der Waals surface area contributed by atoms with Crippen molar-refractivity contribution in [3.05, 3.63) is 29.8 Å². The van der Waals surface area contributed by atoms with Gasteiger partial charge in [-0.3, -0.25) is 4.79 Å². The highest BCUT2D eigenvalue weighted by molar-refractivity contribution is 5.85. The Morgan fingerprint density at radius 2 is 2.00 bits per heavy atom. The van der Waals surface area contributed by atoms with E-state index in [0.717, 1.165) is 18.2 Å². The topological polar surface area (TPSA) is 64.3 Å². The number of alkyl halides is 2. The molecule has 0 saturated heterocycles. The van der Waals surface area contributed by atoms with Crippen LogP contribution in [0.15, 0.2) is 18.2 Å². The Labute approximate surface area is 125 Å². The van der Waals surface area contributed by atoms with E-state index in [1.807, 2.05) is 5.32 Å². The maximum Gasteiger partial charge on any atom is 0.277 e. The van der Waals surface area contributed by atoms with Crippen LogP contribution in [0.1, 0.15) is 6.92 Å². The summed E-state index contributed by atoms with van der Waals surface area (Å²) in [7, 11) is 0. The molecule has 0 aliphatic carbocycles. The molecule has 0 bridgehead atoms. The third kappa shape index (κ3) is 6.17. The number of nitrogens with one attached hydrogen (secondary N) is 1. The highest BCUT2D eigenvalue weighted by Gasteiger charge is 2.28. The first-order chi connectivity index (χ1) is 9.25. The predicted octanol–water partition coefficient (Wildman–Crippen LogP) is 1.86. The van der Waals surface area contributed by atoms with Gasteiger partial charge in [0.1, 0.15) is 5.75 Å². The predicted molar refractivity (Wildman–Crippen MR) is 70.7 cm³/mol. The van der Waals surface area contributed by atoms with Crippen molar-refractivity contribution in [1.29, 1.82) is 0 Å². The van der Waals surface area contributed by atoms with Gasteiger partial charge in [0.2, 0.25) is 0 Å². The molecule has 4 nitrogen and oxygen atoms in total. The largest absolute Gasteiger partial charge is 0.481 e. The van der Waals surface area contributed by atoms with E-state index in [1.54, 1.807) is 0 Å². The van der Waals surface area contributed by atoms with Gasteiger partial charge in [0.15, 0.2) is 17.7 Å². The Hall–Kier alpha value is -1.54. The van der Waals surface area contributed by atoms with E-state index < -0.39 is 42.7 Å². The second-order valence-electron chi connectivity index (χ2n) is 4.11. The molecule has 0 spiro atoms. The lowest BCUT2D eigenvalue weighted by Gasteiger charge is -2.18. The first-order valence-corrected chi connectivity index (χ1v) is 5.72. The standard InChI is InChI=1S/C12H14F4N2O2.ClH/c1-7(11(19)18-6-12(15,16)5-17)20-8-2-3-9(13)10(14)4-8;/h2-4,7H,5-6,17H2,1H3,(H,18,19);1H. The van der Waals surface area contributed by atoms with Crippen molar-refractivity contribution in [2.45, 2.75) is 19.0 Å². The van der Waals surface area contributed by atoms with E-state index >= 15 is 0 Å². The lowest BCUT2D eigenvalue weighted by Crippen LogP contribution is -2.45. The molecule has 0 aliphatic rings. The van der Waals surface area contributed by atoms with Gasteiger partial charge in [-0.1, -0.05) is 0 Å². The number of ether oxygens (including phenoxy) is 1. The van der Waals surface area contributed by atoms with Crippen LogP contribution < -0.4 is 15.8 Å². The zero-order valence-corrected chi connectivity index (χ0v) is 11.9. The molecule has 1 amide bonds. The molecule has 1 aromatic carbocycles. The van der Waals surface area contributed by atoms with Crippen LogP contribution >= 0.6 is 12.4 Å². The molecule has 1 rings (SSSR count). The molecule has 1 aromatic rings. The summed E-state index contributed by atoms with van der Waals surface area (Å²) in [6, 6.07) is 2.71. The Balaban J connectivity index is 0.00000400. The van der Waals surface area contributed by atoms with Crippen molar-refractivity contribution in [2.24, 2.45) is 5.73 Å². The number of hydrogen-bond acceptors (Lipinski definition) is 3. The molecular weight excluding hydrogens is 316 g/mol. The van der Waals surface area contributed by atoms with Gasteiger partial charge in [0.25, 0.3) is 11.8 Å². The van der Waals surface area contributed by atoms with Crippen LogP contribution in [0, 0.1) is 11.6 Å². The number of carbonyl (C=O) groups excluding carboxylic acids is 1. The summed E-state index contributed by atoms with van der Waals surface area (Å²) >= 11 is 0. The van der Waals surface area contributed by atoms with E-state index in [1.165, 1.54) is 6.92 Å². The number of benzene rings is 1. The van der Waals surface area contributed by atoms with Gasteiger partial charge in [-0.05, 0) is 19.1 Å². The summed E-state index contributed by atoms with van der Waals surface area (Å²) in [6.45, 7) is -0.531. The van der Waals surface area contributed by atoms with E-state index in [9.17, 15) is 22.4 Å². The Morgan fingerprint density at radius 3 is 2.52 bits per heavy atom. The van der Waals surface area contributed by atoms with Crippen molar-refractivity contribution in [3.8, 4) is 5.75 Å². The molecule has 21 heavy (non-hydrogen) atoms. The zero-order valence-electron chi connectivity index (χ0n) is 11.0. The summed E-state index contributed by atoms with van der Waals surface area (Å²) in [5.41, 5.74) is 4.81. The minimum absolute atomic E-state index is 0. The fraction of sp³-hybridized carbons (Fsp3) is 0.417. The molecule has 3 N–H and O–H groups in total. The fourth-order valence-corrected chi connectivity index (χ4v) is 1.24. The highest BCUT2D eigenvalue weighted by Crippen LogP contribution is 2.17. The molecule has 1 unspecified atom stereocenters. The quantitative estimate of drug-likeness (QED) is 0.783. The second kappa shape index (κ2) is 8.04. The first-order valence-electron chi connectivity index (χ1n) is 5.72. The minimum Gasteiger partial charge on any atom is -0.481 e. The molecule has 0 aromatic heterocycles. The van der Waals surface area contributed by atoms with Crippen LogP contribution in [0.25, 0.3) is 0 Å². The van der Waals surface area contributed by atoms with Gasteiger partial charge in [0.05, 0.1) is 13.1 Å². The zero-order chi connectivity index (χ0) is 15.3. The van der Waals surface area contributed by atoms with Gasteiger partial charge in [-0.2, -0.15) is 0 Å². The highest BCUT2D eigenvalue weighted by atomic mass is 35.5. The van der Waals surface area contributed by atoms with Crippen molar-refractivity contribution >= 4 is 18.3 Å². The van der Waals surface area contributed by atoms with Crippen molar-refractivity contribution in [3.63, 3.8) is 0 Å². The van der Waals surface area contributed by atoms with Gasteiger partial charge >= 0.3 is 0 Å². The molecule has 9 heteroatoms. The average Bonchev–Trinajstić information content (AvgIpc) is 2.40. The number of rotatable bonds is 6. The Kier molecular flexibility index (Phi) is 7.45. The average molecular weight is 331 g/mol. The summed E-state index contributed by atoms with van der Waals surface area (Å²) < 4.78 is 56.3. The monoisotopic (exact) mass is 330 g/mol. The van der Waals surface area contributed by atoms with Crippen LogP contribution in [0.4, 0.5) is 17.6 Å². The van der Waals surface area contributed by atoms with Crippen LogP contribution in [0.2, 0.25) is 0 Å². The Bertz CT molecular complexity index is 488. The number of halogens is 5. The van der Waals surface area contributed by atoms with Crippen LogP contribution in [0.3, 0.4) is 0 Å². The van der Waals surface area contributed by atoms with Crippen LogP contribution in [0.5, 0.6) is 5.75 Å². The lowest BCUT2D eigenvalue weighted by atomic mass is 10.3. The van der Waals surface area contributed by atoms with Crippen LogP contribution in [-0.4, -0.2) is 31.0 Å². The third-order valence-electron chi connectivity index (χ3n) is 2.39. The normalized spacial score (nSPS) is 12.3. The fourth-order valence-electron chi connectivity index (χ4n) is 1.24. The molecule has 0 fully saturated rings. The van der Waals surface area contributed by atoms with Gasteiger partial charge in [-0.15, -0.1) is 12.4 Å². The first kappa shape index (κ1) is 19.5. The molecular formula is C12H15ClF4N2O2. The van der Waals surface area contributed by atoms with Gasteiger partial charge in [0, 0.05) is 6.07 Å². The molecule has 0 aliphatic heterocycles. The third-order valence-corrected chi connectivity index (χ3v) is 2.39. The molecule has 0 radical (unpaired) electrons. The Morgan fingerprint density at radius 1 is 1.38 bits per heavy atom. The van der Waals surface area contributed by atoms with E-state index in [2.05, 4.69) is 0 Å². The lowest BCUT2D eigenvalue weighted by molar-refractivity contribution is -0.129. The molecule has 1 atom stereocenters.